The zero-order valence-corrected chi connectivity index (χ0v) is 8.23. The SMILES string of the molecule is CNC(=O)OCCNC(C)(C)C. The normalized spacial score (nSPS) is 11.0. The molecule has 0 saturated carbocycles. The Morgan fingerprint density at radius 2 is 2.00 bits per heavy atom. The monoisotopic (exact) mass is 174 g/mol. The van der Waals surface area contributed by atoms with Gasteiger partial charge >= 0.3 is 6.09 Å². The molecule has 1 amide bonds. The largest absolute Gasteiger partial charge is 0.448 e. The molecule has 0 rings (SSSR count). The highest BCUT2D eigenvalue weighted by Gasteiger charge is 2.07. The molecule has 0 aliphatic carbocycles. The van der Waals surface area contributed by atoms with Crippen molar-refractivity contribution in [3.63, 3.8) is 0 Å². The first-order valence-corrected chi connectivity index (χ1v) is 4.05. The van der Waals surface area contributed by atoms with Crippen LogP contribution in [-0.4, -0.2) is 31.8 Å². The first-order chi connectivity index (χ1) is 5.45. The van der Waals surface area contributed by atoms with E-state index in [-0.39, 0.29) is 11.6 Å². The van der Waals surface area contributed by atoms with Crippen LogP contribution in [0.2, 0.25) is 0 Å². The second-order valence-corrected chi connectivity index (χ2v) is 3.56. The summed E-state index contributed by atoms with van der Waals surface area (Å²) < 4.78 is 4.77. The molecule has 0 bridgehead atoms. The average molecular weight is 174 g/mol. The summed E-state index contributed by atoms with van der Waals surface area (Å²) in [5.74, 6) is 0. The lowest BCUT2D eigenvalue weighted by molar-refractivity contribution is 0.146. The number of ether oxygens (including phenoxy) is 1. The number of rotatable bonds is 3. The summed E-state index contributed by atoms with van der Waals surface area (Å²) in [7, 11) is 1.54. The third-order valence-corrected chi connectivity index (χ3v) is 1.19. The van der Waals surface area contributed by atoms with E-state index in [9.17, 15) is 4.79 Å². The van der Waals surface area contributed by atoms with Gasteiger partial charge in [0.25, 0.3) is 0 Å². The fourth-order valence-electron chi connectivity index (χ4n) is 0.642. The first-order valence-electron chi connectivity index (χ1n) is 4.05. The van der Waals surface area contributed by atoms with Crippen LogP contribution >= 0.6 is 0 Å². The van der Waals surface area contributed by atoms with Crippen LogP contribution < -0.4 is 10.6 Å². The summed E-state index contributed by atoms with van der Waals surface area (Å²) in [6.45, 7) is 7.26. The number of carbonyl (C=O) groups is 1. The van der Waals surface area contributed by atoms with Crippen LogP contribution in [0.5, 0.6) is 0 Å². The van der Waals surface area contributed by atoms with Gasteiger partial charge in [-0.3, -0.25) is 0 Å². The van der Waals surface area contributed by atoms with Crippen molar-refractivity contribution in [3.8, 4) is 0 Å². The van der Waals surface area contributed by atoms with Crippen molar-refractivity contribution in [1.82, 2.24) is 10.6 Å². The lowest BCUT2D eigenvalue weighted by Gasteiger charge is -2.20. The van der Waals surface area contributed by atoms with Gasteiger partial charge < -0.3 is 15.4 Å². The van der Waals surface area contributed by atoms with E-state index < -0.39 is 0 Å². The molecule has 0 aliphatic rings. The number of amides is 1. The predicted octanol–water partition coefficient (Wildman–Crippen LogP) is 0.730. The van der Waals surface area contributed by atoms with Crippen LogP contribution in [0.25, 0.3) is 0 Å². The Bertz CT molecular complexity index is 140. The van der Waals surface area contributed by atoms with E-state index in [1.807, 2.05) is 0 Å². The topological polar surface area (TPSA) is 50.4 Å². The van der Waals surface area contributed by atoms with Gasteiger partial charge in [-0.15, -0.1) is 0 Å². The van der Waals surface area contributed by atoms with E-state index >= 15 is 0 Å². The van der Waals surface area contributed by atoms with Crippen molar-refractivity contribution in [1.29, 1.82) is 0 Å². The maximum absolute atomic E-state index is 10.6. The molecule has 0 aromatic rings. The van der Waals surface area contributed by atoms with Crippen molar-refractivity contribution in [2.45, 2.75) is 26.3 Å². The van der Waals surface area contributed by atoms with Gasteiger partial charge in [-0.25, -0.2) is 4.79 Å². The second kappa shape index (κ2) is 4.98. The Morgan fingerprint density at radius 3 is 2.42 bits per heavy atom. The molecule has 0 saturated heterocycles. The molecular formula is C8H18N2O2. The Balaban J connectivity index is 3.28. The van der Waals surface area contributed by atoms with Gasteiger partial charge in [0.2, 0.25) is 0 Å². The summed E-state index contributed by atoms with van der Waals surface area (Å²) in [6, 6.07) is 0. The van der Waals surface area contributed by atoms with Crippen LogP contribution in [0, 0.1) is 0 Å². The lowest BCUT2D eigenvalue weighted by atomic mass is 10.1. The first kappa shape index (κ1) is 11.2. The van der Waals surface area contributed by atoms with E-state index in [1.165, 1.54) is 0 Å². The van der Waals surface area contributed by atoms with Gasteiger partial charge in [0.1, 0.15) is 6.61 Å². The average Bonchev–Trinajstić information content (AvgIpc) is 1.96. The van der Waals surface area contributed by atoms with Gasteiger partial charge in [-0.1, -0.05) is 0 Å². The van der Waals surface area contributed by atoms with Crippen LogP contribution in [0.15, 0.2) is 0 Å². The molecule has 0 fully saturated rings. The Morgan fingerprint density at radius 1 is 1.42 bits per heavy atom. The fourth-order valence-corrected chi connectivity index (χ4v) is 0.642. The highest BCUT2D eigenvalue weighted by molar-refractivity contribution is 5.66. The molecule has 4 nitrogen and oxygen atoms in total. The number of hydrogen-bond donors (Lipinski definition) is 2. The molecule has 0 aromatic carbocycles. The minimum Gasteiger partial charge on any atom is -0.448 e. The Kier molecular flexibility index (Phi) is 4.66. The maximum Gasteiger partial charge on any atom is 0.406 e. The van der Waals surface area contributed by atoms with Gasteiger partial charge in [0.05, 0.1) is 0 Å². The summed E-state index contributed by atoms with van der Waals surface area (Å²) in [5.41, 5.74) is 0.0754. The van der Waals surface area contributed by atoms with E-state index in [0.717, 1.165) is 0 Å². The lowest BCUT2D eigenvalue weighted by Crippen LogP contribution is -2.38. The molecule has 0 unspecified atom stereocenters. The predicted molar refractivity (Wildman–Crippen MR) is 48.2 cm³/mol. The van der Waals surface area contributed by atoms with Crippen molar-refractivity contribution in [3.05, 3.63) is 0 Å². The summed E-state index contributed by atoms with van der Waals surface area (Å²) in [5, 5.41) is 5.57. The molecule has 4 heteroatoms. The molecule has 0 radical (unpaired) electrons. The quantitative estimate of drug-likeness (QED) is 0.620. The smallest absolute Gasteiger partial charge is 0.406 e. The number of alkyl carbamates (subject to hydrolysis) is 1. The Hall–Kier alpha value is -0.770. The highest BCUT2D eigenvalue weighted by atomic mass is 16.5. The molecule has 72 valence electrons. The van der Waals surface area contributed by atoms with E-state index in [0.29, 0.717) is 13.2 Å². The van der Waals surface area contributed by atoms with E-state index in [4.69, 9.17) is 4.74 Å². The van der Waals surface area contributed by atoms with Gasteiger partial charge in [-0.05, 0) is 20.8 Å². The van der Waals surface area contributed by atoms with Crippen molar-refractivity contribution < 1.29 is 9.53 Å². The molecule has 0 aliphatic heterocycles. The molecule has 0 atom stereocenters. The van der Waals surface area contributed by atoms with Crippen LogP contribution in [0.1, 0.15) is 20.8 Å². The zero-order chi connectivity index (χ0) is 9.61. The summed E-state index contributed by atoms with van der Waals surface area (Å²) in [6.07, 6.45) is -0.384. The molecular weight excluding hydrogens is 156 g/mol. The number of carbonyl (C=O) groups excluding carboxylic acids is 1. The summed E-state index contributed by atoms with van der Waals surface area (Å²) in [4.78, 5) is 10.6. The van der Waals surface area contributed by atoms with E-state index in [1.54, 1.807) is 7.05 Å². The minimum atomic E-state index is -0.384. The number of nitrogens with one attached hydrogen (secondary N) is 2. The van der Waals surface area contributed by atoms with E-state index in [2.05, 4.69) is 31.4 Å². The number of hydrogen-bond acceptors (Lipinski definition) is 3. The molecule has 0 aromatic heterocycles. The van der Waals surface area contributed by atoms with Gasteiger partial charge in [0.15, 0.2) is 0 Å². The molecule has 0 spiro atoms. The minimum absolute atomic E-state index is 0.0754. The molecule has 0 heterocycles. The fraction of sp³-hybridized carbons (Fsp3) is 0.875. The standard InChI is InChI=1S/C8H18N2O2/c1-8(2,3)10-5-6-12-7(11)9-4/h10H,5-6H2,1-4H3,(H,9,11). The van der Waals surface area contributed by atoms with Crippen LogP contribution in [0.4, 0.5) is 4.79 Å². The summed E-state index contributed by atoms with van der Waals surface area (Å²) >= 11 is 0. The Labute approximate surface area is 73.7 Å². The van der Waals surface area contributed by atoms with Gasteiger partial charge in [-0.2, -0.15) is 0 Å². The van der Waals surface area contributed by atoms with Crippen molar-refractivity contribution in [2.75, 3.05) is 20.2 Å². The molecule has 2 N–H and O–H groups in total. The molecule has 12 heavy (non-hydrogen) atoms. The third-order valence-electron chi connectivity index (χ3n) is 1.19. The van der Waals surface area contributed by atoms with Crippen LogP contribution in [0.3, 0.4) is 0 Å². The van der Waals surface area contributed by atoms with Gasteiger partial charge in [0, 0.05) is 19.1 Å². The maximum atomic E-state index is 10.6. The third kappa shape index (κ3) is 7.34. The zero-order valence-electron chi connectivity index (χ0n) is 8.23. The van der Waals surface area contributed by atoms with Crippen molar-refractivity contribution in [2.24, 2.45) is 0 Å². The second-order valence-electron chi connectivity index (χ2n) is 3.56. The van der Waals surface area contributed by atoms with Crippen LogP contribution in [-0.2, 0) is 4.74 Å². The van der Waals surface area contributed by atoms with Crippen molar-refractivity contribution >= 4 is 6.09 Å². The highest BCUT2D eigenvalue weighted by Crippen LogP contribution is 1.96.